The maximum absolute atomic E-state index is 11.0. The van der Waals surface area contributed by atoms with E-state index in [1.54, 1.807) is 0 Å². The highest BCUT2D eigenvalue weighted by Gasteiger charge is 2.17. The van der Waals surface area contributed by atoms with Gasteiger partial charge in [0.05, 0.1) is 6.61 Å². The lowest BCUT2D eigenvalue weighted by Gasteiger charge is -2.09. The molecule has 68 valence electrons. The molecule has 0 aliphatic carbocycles. The van der Waals surface area contributed by atoms with Crippen LogP contribution in [0.1, 0.15) is 19.3 Å². The van der Waals surface area contributed by atoms with Crippen LogP contribution in [-0.4, -0.2) is 25.5 Å². The molecule has 1 rings (SSSR count). The third kappa shape index (κ3) is 2.90. The Kier molecular flexibility index (Phi) is 3.57. The van der Waals surface area contributed by atoms with Crippen molar-refractivity contribution in [3.8, 4) is 0 Å². The van der Waals surface area contributed by atoms with Gasteiger partial charge in [0.15, 0.2) is 0 Å². The molecule has 0 aromatic carbocycles. The number of amides is 1. The van der Waals surface area contributed by atoms with E-state index in [1.165, 1.54) is 0 Å². The van der Waals surface area contributed by atoms with Crippen LogP contribution >= 0.6 is 0 Å². The first-order valence-electron chi connectivity index (χ1n) is 4.15. The van der Waals surface area contributed by atoms with Crippen LogP contribution in [0.4, 0.5) is 0 Å². The van der Waals surface area contributed by atoms with Gasteiger partial charge in [-0.1, -0.05) is 0 Å². The standard InChI is InChI=1S/C8H13NO3/c10-6-12-5-7-2-1-3-9-8(11)4-7/h6-7H,1-5H2,(H,9,11). The summed E-state index contributed by atoms with van der Waals surface area (Å²) in [5, 5.41) is 2.77. The second-order valence-corrected chi connectivity index (χ2v) is 2.99. The van der Waals surface area contributed by atoms with Gasteiger partial charge in [0.1, 0.15) is 0 Å². The fraction of sp³-hybridized carbons (Fsp3) is 0.750. The molecule has 1 atom stereocenters. The summed E-state index contributed by atoms with van der Waals surface area (Å²) in [6.45, 7) is 1.55. The third-order valence-electron chi connectivity index (χ3n) is 1.99. The van der Waals surface area contributed by atoms with Gasteiger partial charge in [-0.25, -0.2) is 0 Å². The maximum atomic E-state index is 11.0. The topological polar surface area (TPSA) is 55.4 Å². The Balaban J connectivity index is 2.30. The van der Waals surface area contributed by atoms with Gasteiger partial charge in [0, 0.05) is 18.9 Å². The lowest BCUT2D eigenvalue weighted by molar-refractivity contribution is -0.131. The second-order valence-electron chi connectivity index (χ2n) is 2.99. The number of nitrogens with one attached hydrogen (secondary N) is 1. The fourth-order valence-corrected chi connectivity index (χ4v) is 1.37. The van der Waals surface area contributed by atoms with Crippen LogP contribution < -0.4 is 5.32 Å². The molecule has 1 unspecified atom stereocenters. The van der Waals surface area contributed by atoms with E-state index in [9.17, 15) is 9.59 Å². The minimum atomic E-state index is 0.0620. The zero-order valence-corrected chi connectivity index (χ0v) is 6.91. The predicted octanol–water partition coefficient (Wildman–Crippen LogP) is 0.0757. The summed E-state index contributed by atoms with van der Waals surface area (Å²) in [6.07, 6.45) is 2.40. The fourth-order valence-electron chi connectivity index (χ4n) is 1.37. The van der Waals surface area contributed by atoms with Crippen molar-refractivity contribution < 1.29 is 14.3 Å². The first kappa shape index (κ1) is 9.03. The van der Waals surface area contributed by atoms with Gasteiger partial charge in [-0.3, -0.25) is 9.59 Å². The van der Waals surface area contributed by atoms with Crippen molar-refractivity contribution in [1.82, 2.24) is 5.32 Å². The summed E-state index contributed by atoms with van der Waals surface area (Å²) in [6, 6.07) is 0. The second kappa shape index (κ2) is 4.74. The Hall–Kier alpha value is -1.06. The molecule has 1 aliphatic heterocycles. The number of carbonyl (C=O) groups excluding carboxylic acids is 2. The largest absolute Gasteiger partial charge is 0.468 e. The molecule has 1 saturated heterocycles. The van der Waals surface area contributed by atoms with Crippen molar-refractivity contribution in [3.05, 3.63) is 0 Å². The summed E-state index contributed by atoms with van der Waals surface area (Å²) in [7, 11) is 0. The Morgan fingerprint density at radius 1 is 1.67 bits per heavy atom. The Morgan fingerprint density at radius 2 is 2.50 bits per heavy atom. The first-order chi connectivity index (χ1) is 5.83. The SMILES string of the molecule is O=COCC1CCCNC(=O)C1. The Bertz CT molecular complexity index is 170. The van der Waals surface area contributed by atoms with Crippen molar-refractivity contribution >= 4 is 12.4 Å². The quantitative estimate of drug-likeness (QED) is 0.611. The summed E-state index contributed by atoms with van der Waals surface area (Å²) in [4.78, 5) is 20.9. The first-order valence-corrected chi connectivity index (χ1v) is 4.15. The molecule has 0 aromatic heterocycles. The summed E-state index contributed by atoms with van der Waals surface area (Å²) < 4.78 is 4.62. The minimum absolute atomic E-state index is 0.0620. The van der Waals surface area contributed by atoms with Gasteiger partial charge >= 0.3 is 0 Å². The van der Waals surface area contributed by atoms with Gasteiger partial charge in [0.25, 0.3) is 6.47 Å². The zero-order valence-electron chi connectivity index (χ0n) is 6.91. The summed E-state index contributed by atoms with van der Waals surface area (Å²) >= 11 is 0. The van der Waals surface area contributed by atoms with Crippen molar-refractivity contribution in [1.29, 1.82) is 0 Å². The zero-order chi connectivity index (χ0) is 8.81. The van der Waals surface area contributed by atoms with E-state index in [0.717, 1.165) is 19.4 Å². The van der Waals surface area contributed by atoms with E-state index < -0.39 is 0 Å². The van der Waals surface area contributed by atoms with Gasteiger partial charge in [-0.2, -0.15) is 0 Å². The third-order valence-corrected chi connectivity index (χ3v) is 1.99. The smallest absolute Gasteiger partial charge is 0.293 e. The van der Waals surface area contributed by atoms with E-state index in [4.69, 9.17) is 0 Å². The average molecular weight is 171 g/mol. The van der Waals surface area contributed by atoms with Crippen LogP contribution in [0.15, 0.2) is 0 Å². The number of rotatable bonds is 3. The maximum Gasteiger partial charge on any atom is 0.293 e. The molecule has 0 radical (unpaired) electrons. The lowest BCUT2D eigenvalue weighted by atomic mass is 10.0. The van der Waals surface area contributed by atoms with E-state index in [1.807, 2.05) is 0 Å². The Labute approximate surface area is 71.3 Å². The van der Waals surface area contributed by atoms with Crippen LogP contribution in [0.5, 0.6) is 0 Å². The number of carbonyl (C=O) groups is 2. The van der Waals surface area contributed by atoms with Crippen molar-refractivity contribution in [2.45, 2.75) is 19.3 Å². The van der Waals surface area contributed by atoms with Crippen LogP contribution in [0.3, 0.4) is 0 Å². The number of hydrogen-bond donors (Lipinski definition) is 1. The van der Waals surface area contributed by atoms with Gasteiger partial charge in [0.2, 0.25) is 5.91 Å². The van der Waals surface area contributed by atoms with E-state index in [2.05, 4.69) is 10.1 Å². The number of ether oxygens (including phenoxy) is 1. The molecule has 0 saturated carbocycles. The van der Waals surface area contributed by atoms with Crippen LogP contribution in [-0.2, 0) is 14.3 Å². The van der Waals surface area contributed by atoms with Crippen LogP contribution in [0.25, 0.3) is 0 Å². The average Bonchev–Trinajstić information content (AvgIpc) is 2.26. The van der Waals surface area contributed by atoms with Crippen LogP contribution in [0.2, 0.25) is 0 Å². The van der Waals surface area contributed by atoms with E-state index in [-0.39, 0.29) is 11.8 Å². The molecule has 1 heterocycles. The normalized spacial score (nSPS) is 24.0. The van der Waals surface area contributed by atoms with Crippen molar-refractivity contribution in [2.24, 2.45) is 5.92 Å². The monoisotopic (exact) mass is 171 g/mol. The van der Waals surface area contributed by atoms with E-state index in [0.29, 0.717) is 19.5 Å². The van der Waals surface area contributed by atoms with Crippen LogP contribution in [0, 0.1) is 5.92 Å². The highest BCUT2D eigenvalue weighted by Crippen LogP contribution is 2.13. The Morgan fingerprint density at radius 3 is 3.25 bits per heavy atom. The van der Waals surface area contributed by atoms with Gasteiger partial charge < -0.3 is 10.1 Å². The predicted molar refractivity (Wildman–Crippen MR) is 42.4 cm³/mol. The van der Waals surface area contributed by atoms with E-state index >= 15 is 0 Å². The van der Waals surface area contributed by atoms with Crippen molar-refractivity contribution in [2.75, 3.05) is 13.2 Å². The molecule has 4 heteroatoms. The van der Waals surface area contributed by atoms with Gasteiger partial charge in [-0.05, 0) is 12.8 Å². The summed E-state index contributed by atoms with van der Waals surface area (Å²) in [5.74, 6) is 0.268. The highest BCUT2D eigenvalue weighted by atomic mass is 16.5. The molecule has 12 heavy (non-hydrogen) atoms. The molecule has 0 aromatic rings. The molecular weight excluding hydrogens is 158 g/mol. The molecule has 1 amide bonds. The highest BCUT2D eigenvalue weighted by molar-refractivity contribution is 5.76. The molecule has 1 aliphatic rings. The molecule has 0 spiro atoms. The molecule has 1 N–H and O–H groups in total. The van der Waals surface area contributed by atoms with Crippen molar-refractivity contribution in [3.63, 3.8) is 0 Å². The van der Waals surface area contributed by atoms with Gasteiger partial charge in [-0.15, -0.1) is 0 Å². The number of hydrogen-bond acceptors (Lipinski definition) is 3. The minimum Gasteiger partial charge on any atom is -0.468 e. The molecular formula is C8H13NO3. The molecule has 4 nitrogen and oxygen atoms in total. The summed E-state index contributed by atoms with van der Waals surface area (Å²) in [5.41, 5.74) is 0. The molecule has 1 fully saturated rings. The lowest BCUT2D eigenvalue weighted by Crippen LogP contribution is -2.23. The molecule has 0 bridgehead atoms.